The van der Waals surface area contributed by atoms with Crippen LogP contribution in [-0.4, -0.2) is 65.6 Å². The lowest BCUT2D eigenvalue weighted by Crippen LogP contribution is -2.20. The van der Waals surface area contributed by atoms with E-state index in [-0.39, 0.29) is 25.4 Å². The Morgan fingerprint density at radius 2 is 1.54 bits per heavy atom. The molecule has 0 aromatic heterocycles. The standard InChI is InChI=1S/C21H26O7/c1-24-7-8-26-9-10-27-14-19(22)15-28-21(23)12-16-3-4-18-13-20(25-2)6-5-17(18)11-16/h3-6,11,13H,7-10,12,14-15H2,1-2H3. The van der Waals surface area contributed by atoms with Gasteiger partial charge in [-0.1, -0.05) is 24.3 Å². The number of benzene rings is 2. The van der Waals surface area contributed by atoms with E-state index in [9.17, 15) is 9.59 Å². The summed E-state index contributed by atoms with van der Waals surface area (Å²) in [4.78, 5) is 23.7. The van der Waals surface area contributed by atoms with Crippen LogP contribution in [0, 0.1) is 0 Å². The van der Waals surface area contributed by atoms with E-state index >= 15 is 0 Å². The topological polar surface area (TPSA) is 80.3 Å². The Morgan fingerprint density at radius 1 is 0.821 bits per heavy atom. The number of esters is 1. The highest BCUT2D eigenvalue weighted by atomic mass is 16.5. The summed E-state index contributed by atoms with van der Waals surface area (Å²) < 4.78 is 25.5. The molecular weight excluding hydrogens is 364 g/mol. The fraction of sp³-hybridized carbons (Fsp3) is 0.429. The summed E-state index contributed by atoms with van der Waals surface area (Å²) >= 11 is 0. The van der Waals surface area contributed by atoms with Crippen molar-refractivity contribution >= 4 is 22.5 Å². The van der Waals surface area contributed by atoms with E-state index in [4.69, 9.17) is 23.7 Å². The first-order valence-corrected chi connectivity index (χ1v) is 9.01. The number of methoxy groups -OCH3 is 2. The van der Waals surface area contributed by atoms with Gasteiger partial charge in [-0.25, -0.2) is 0 Å². The number of fused-ring (bicyclic) bond motifs is 1. The Morgan fingerprint density at radius 3 is 2.32 bits per heavy atom. The summed E-state index contributed by atoms with van der Waals surface area (Å²) in [7, 11) is 3.21. The third-order valence-corrected chi connectivity index (χ3v) is 3.92. The van der Waals surface area contributed by atoms with E-state index < -0.39 is 5.97 Å². The van der Waals surface area contributed by atoms with Gasteiger partial charge in [-0.05, 0) is 28.5 Å². The third-order valence-electron chi connectivity index (χ3n) is 3.92. The number of hydrogen-bond acceptors (Lipinski definition) is 7. The third kappa shape index (κ3) is 7.64. The molecule has 0 bridgehead atoms. The molecule has 0 unspecified atom stereocenters. The van der Waals surface area contributed by atoms with Crippen LogP contribution in [0.3, 0.4) is 0 Å². The number of rotatable bonds is 13. The largest absolute Gasteiger partial charge is 0.497 e. The number of ether oxygens (including phenoxy) is 5. The van der Waals surface area contributed by atoms with Gasteiger partial charge in [0.15, 0.2) is 12.4 Å². The predicted molar refractivity (Wildman–Crippen MR) is 104 cm³/mol. The van der Waals surface area contributed by atoms with Crippen LogP contribution in [0.5, 0.6) is 5.75 Å². The Labute approximate surface area is 164 Å². The van der Waals surface area contributed by atoms with Crippen molar-refractivity contribution < 1.29 is 33.3 Å². The SMILES string of the molecule is COCCOCCOCC(=O)COC(=O)Cc1ccc2cc(OC)ccc2c1. The molecule has 0 heterocycles. The van der Waals surface area contributed by atoms with Gasteiger partial charge in [0.05, 0.1) is 40.0 Å². The van der Waals surface area contributed by atoms with Gasteiger partial charge in [0.1, 0.15) is 12.4 Å². The minimum atomic E-state index is -0.455. The lowest BCUT2D eigenvalue weighted by molar-refractivity contribution is -0.148. The van der Waals surface area contributed by atoms with Crippen LogP contribution in [0.15, 0.2) is 36.4 Å². The van der Waals surface area contributed by atoms with Crippen molar-refractivity contribution in [3.05, 3.63) is 42.0 Å². The average Bonchev–Trinajstić information content (AvgIpc) is 2.71. The van der Waals surface area contributed by atoms with Crippen molar-refractivity contribution in [2.45, 2.75) is 6.42 Å². The molecule has 0 atom stereocenters. The van der Waals surface area contributed by atoms with Crippen LogP contribution in [0.25, 0.3) is 10.8 Å². The monoisotopic (exact) mass is 390 g/mol. The molecule has 0 N–H and O–H groups in total. The number of carbonyl (C=O) groups is 2. The zero-order valence-corrected chi connectivity index (χ0v) is 16.3. The molecular formula is C21H26O7. The highest BCUT2D eigenvalue weighted by Crippen LogP contribution is 2.22. The molecule has 0 saturated heterocycles. The maximum Gasteiger partial charge on any atom is 0.310 e. The van der Waals surface area contributed by atoms with Crippen LogP contribution < -0.4 is 4.74 Å². The highest BCUT2D eigenvalue weighted by molar-refractivity contribution is 5.86. The summed E-state index contributed by atoms with van der Waals surface area (Å²) in [5.41, 5.74) is 0.819. The second-order valence-corrected chi connectivity index (χ2v) is 6.08. The summed E-state index contributed by atoms with van der Waals surface area (Å²) in [6.07, 6.45) is 0.101. The molecule has 2 aromatic rings. The quantitative estimate of drug-likeness (QED) is 0.383. The minimum absolute atomic E-state index is 0.101. The lowest BCUT2D eigenvalue weighted by Gasteiger charge is -2.07. The first-order chi connectivity index (χ1) is 13.6. The molecule has 0 amide bonds. The zero-order chi connectivity index (χ0) is 20.2. The molecule has 0 radical (unpaired) electrons. The smallest absolute Gasteiger partial charge is 0.310 e. The van der Waals surface area contributed by atoms with E-state index in [0.717, 1.165) is 22.1 Å². The van der Waals surface area contributed by atoms with E-state index in [2.05, 4.69) is 0 Å². The molecule has 152 valence electrons. The van der Waals surface area contributed by atoms with Crippen molar-refractivity contribution in [1.29, 1.82) is 0 Å². The first kappa shape index (κ1) is 21.8. The second kappa shape index (κ2) is 12.1. The van der Waals surface area contributed by atoms with E-state index in [1.807, 2.05) is 36.4 Å². The maximum atomic E-state index is 12.0. The zero-order valence-electron chi connectivity index (χ0n) is 16.3. The molecule has 0 aliphatic rings. The fourth-order valence-corrected chi connectivity index (χ4v) is 2.48. The summed E-state index contributed by atoms with van der Waals surface area (Å²) in [6.45, 7) is 1.26. The van der Waals surface area contributed by atoms with Gasteiger partial charge in [-0.3, -0.25) is 9.59 Å². The molecule has 28 heavy (non-hydrogen) atoms. The van der Waals surface area contributed by atoms with Crippen LogP contribution in [-0.2, 0) is 35.0 Å². The minimum Gasteiger partial charge on any atom is -0.497 e. The molecule has 2 aromatic carbocycles. The van der Waals surface area contributed by atoms with Crippen LogP contribution >= 0.6 is 0 Å². The van der Waals surface area contributed by atoms with Gasteiger partial charge >= 0.3 is 5.97 Å². The summed E-state index contributed by atoms with van der Waals surface area (Å²) in [5.74, 6) is 0.0295. The Hall–Kier alpha value is -2.48. The van der Waals surface area contributed by atoms with E-state index in [0.29, 0.717) is 26.4 Å². The van der Waals surface area contributed by atoms with Crippen molar-refractivity contribution in [3.8, 4) is 5.75 Å². The van der Waals surface area contributed by atoms with Gasteiger partial charge in [-0.2, -0.15) is 0 Å². The van der Waals surface area contributed by atoms with Crippen molar-refractivity contribution in [2.24, 2.45) is 0 Å². The number of carbonyl (C=O) groups excluding carboxylic acids is 2. The fourth-order valence-electron chi connectivity index (χ4n) is 2.48. The van der Waals surface area contributed by atoms with E-state index in [1.165, 1.54) is 0 Å². The van der Waals surface area contributed by atoms with Gasteiger partial charge < -0.3 is 23.7 Å². The Bertz CT molecular complexity index is 772. The number of ketones is 1. The average molecular weight is 390 g/mol. The highest BCUT2D eigenvalue weighted by Gasteiger charge is 2.10. The second-order valence-electron chi connectivity index (χ2n) is 6.08. The molecule has 0 spiro atoms. The van der Waals surface area contributed by atoms with Crippen molar-refractivity contribution in [3.63, 3.8) is 0 Å². The first-order valence-electron chi connectivity index (χ1n) is 9.01. The number of Topliss-reactive ketones (excluding diaryl/α,β-unsaturated/α-hetero) is 1. The Kier molecular flexibility index (Phi) is 9.41. The Balaban J connectivity index is 1.67. The van der Waals surface area contributed by atoms with Crippen LogP contribution in [0.1, 0.15) is 5.56 Å². The molecule has 7 nitrogen and oxygen atoms in total. The van der Waals surface area contributed by atoms with Crippen molar-refractivity contribution in [1.82, 2.24) is 0 Å². The lowest BCUT2D eigenvalue weighted by atomic mass is 10.0. The molecule has 0 aliphatic heterocycles. The van der Waals surface area contributed by atoms with Gasteiger partial charge in [-0.15, -0.1) is 0 Å². The number of hydrogen-bond donors (Lipinski definition) is 0. The molecule has 7 heteroatoms. The molecule has 0 fully saturated rings. The molecule has 0 aliphatic carbocycles. The molecule has 0 saturated carbocycles. The van der Waals surface area contributed by atoms with Crippen LogP contribution in [0.2, 0.25) is 0 Å². The normalized spacial score (nSPS) is 10.8. The van der Waals surface area contributed by atoms with Gasteiger partial charge in [0.2, 0.25) is 0 Å². The summed E-state index contributed by atoms with van der Waals surface area (Å²) in [6, 6.07) is 11.4. The maximum absolute atomic E-state index is 12.0. The van der Waals surface area contributed by atoms with Gasteiger partial charge in [0, 0.05) is 7.11 Å². The van der Waals surface area contributed by atoms with Crippen LogP contribution in [0.4, 0.5) is 0 Å². The summed E-state index contributed by atoms with van der Waals surface area (Å²) in [5, 5.41) is 2.03. The predicted octanol–water partition coefficient (Wildman–Crippen LogP) is 2.18. The molecule has 2 rings (SSSR count). The van der Waals surface area contributed by atoms with Crippen molar-refractivity contribution in [2.75, 3.05) is 53.9 Å². The van der Waals surface area contributed by atoms with Gasteiger partial charge in [0.25, 0.3) is 0 Å². The van der Waals surface area contributed by atoms with E-state index in [1.54, 1.807) is 14.2 Å².